The van der Waals surface area contributed by atoms with Crippen LogP contribution < -0.4 is 10.5 Å². The molecule has 0 atom stereocenters. The zero-order valence-corrected chi connectivity index (χ0v) is 15.5. The van der Waals surface area contributed by atoms with Gasteiger partial charge in [-0.2, -0.15) is 4.98 Å². The number of halogens is 1. The molecule has 1 aromatic carbocycles. The summed E-state index contributed by atoms with van der Waals surface area (Å²) in [6.45, 7) is 6.58. The van der Waals surface area contributed by atoms with Crippen LogP contribution in [0.2, 0.25) is 0 Å². The average Bonchev–Trinajstić information content (AvgIpc) is 2.99. The second kappa shape index (κ2) is 6.23. The van der Waals surface area contributed by atoms with Crippen molar-refractivity contribution < 1.29 is 4.74 Å². The van der Waals surface area contributed by atoms with Gasteiger partial charge < -0.3 is 9.64 Å². The lowest BCUT2D eigenvalue weighted by Crippen LogP contribution is -2.38. The minimum absolute atomic E-state index is 0.235. The quantitative estimate of drug-likeness (QED) is 0.699. The van der Waals surface area contributed by atoms with Crippen LogP contribution in [-0.4, -0.2) is 51.3 Å². The number of nitrogens with one attached hydrogen (secondary N) is 1. The Kier molecular flexibility index (Phi) is 4.04. The van der Waals surface area contributed by atoms with Gasteiger partial charge >= 0.3 is 0 Å². The highest BCUT2D eigenvalue weighted by atomic mass is 79.9. The number of benzene rings is 1. The lowest BCUT2D eigenvalue weighted by atomic mass is 10.1. The summed E-state index contributed by atoms with van der Waals surface area (Å²) in [5.41, 5.74) is 3.17. The molecule has 0 saturated carbocycles. The van der Waals surface area contributed by atoms with Gasteiger partial charge in [0.2, 0.25) is 11.6 Å². The Morgan fingerprint density at radius 2 is 1.84 bits per heavy atom. The average molecular weight is 405 g/mol. The van der Waals surface area contributed by atoms with Crippen LogP contribution in [0.5, 0.6) is 0 Å². The van der Waals surface area contributed by atoms with Gasteiger partial charge in [-0.15, -0.1) is 15.0 Å². The summed E-state index contributed by atoms with van der Waals surface area (Å²) in [7, 11) is 0. The van der Waals surface area contributed by atoms with Gasteiger partial charge in [-0.3, -0.25) is 9.78 Å². The number of H-pyrrole nitrogens is 1. The second-order valence-electron chi connectivity index (χ2n) is 6.04. The first-order chi connectivity index (χ1) is 12.0. The second-order valence-corrected chi connectivity index (χ2v) is 6.95. The predicted molar refractivity (Wildman–Crippen MR) is 97.5 cm³/mol. The predicted octanol–water partition coefficient (Wildman–Crippen LogP) is 1.72. The number of hydrogen-bond acceptors (Lipinski definition) is 6. The molecule has 4 rings (SSSR count). The topological polar surface area (TPSA) is 88.9 Å². The van der Waals surface area contributed by atoms with E-state index < -0.39 is 0 Å². The molecule has 130 valence electrons. The molecule has 0 bridgehead atoms. The van der Waals surface area contributed by atoms with E-state index in [0.29, 0.717) is 37.9 Å². The van der Waals surface area contributed by atoms with Crippen LogP contribution in [0, 0.1) is 13.8 Å². The summed E-state index contributed by atoms with van der Waals surface area (Å²) in [4.78, 5) is 23.2. The highest BCUT2D eigenvalue weighted by Gasteiger charge is 2.18. The summed E-state index contributed by atoms with van der Waals surface area (Å²) in [5.74, 6) is 0.511. The van der Waals surface area contributed by atoms with E-state index in [1.807, 2.05) is 30.9 Å². The van der Waals surface area contributed by atoms with Crippen molar-refractivity contribution in [2.24, 2.45) is 0 Å². The summed E-state index contributed by atoms with van der Waals surface area (Å²) in [6, 6.07) is 3.99. The molecule has 1 aliphatic heterocycles. The van der Waals surface area contributed by atoms with Crippen LogP contribution in [0.1, 0.15) is 11.1 Å². The third-order valence-corrected chi connectivity index (χ3v) is 4.67. The number of morpholine rings is 1. The Bertz CT molecular complexity index is 983. The van der Waals surface area contributed by atoms with Crippen molar-refractivity contribution in [3.05, 3.63) is 38.1 Å². The van der Waals surface area contributed by atoms with Crippen molar-refractivity contribution in [1.29, 1.82) is 0 Å². The summed E-state index contributed by atoms with van der Waals surface area (Å²) in [5, 5.41) is 8.81. The fraction of sp³-hybridized carbons (Fsp3) is 0.375. The molecule has 25 heavy (non-hydrogen) atoms. The minimum atomic E-state index is -0.287. The summed E-state index contributed by atoms with van der Waals surface area (Å²) < 4.78 is 6.33. The Morgan fingerprint density at radius 1 is 1.16 bits per heavy atom. The Morgan fingerprint density at radius 3 is 2.52 bits per heavy atom. The van der Waals surface area contributed by atoms with Crippen LogP contribution >= 0.6 is 15.9 Å². The summed E-state index contributed by atoms with van der Waals surface area (Å²) >= 11 is 3.49. The molecule has 1 N–H and O–H groups in total. The first-order valence-electron chi connectivity index (χ1n) is 8.00. The minimum Gasteiger partial charge on any atom is -0.378 e. The number of aryl methyl sites for hydroxylation is 2. The maximum Gasteiger partial charge on any atom is 0.282 e. The van der Waals surface area contributed by atoms with Crippen molar-refractivity contribution in [2.75, 3.05) is 31.2 Å². The third kappa shape index (κ3) is 2.93. The third-order valence-electron chi connectivity index (χ3n) is 4.21. The van der Waals surface area contributed by atoms with Crippen molar-refractivity contribution in [2.45, 2.75) is 13.8 Å². The molecule has 1 fully saturated rings. The van der Waals surface area contributed by atoms with Crippen LogP contribution in [0.4, 0.5) is 5.95 Å². The number of rotatable bonds is 2. The maximum atomic E-state index is 12.4. The molecule has 0 radical (unpaired) electrons. The number of anilines is 1. The van der Waals surface area contributed by atoms with E-state index in [1.165, 1.54) is 4.80 Å². The number of fused-ring (bicyclic) bond motifs is 1. The monoisotopic (exact) mass is 404 g/mol. The van der Waals surface area contributed by atoms with Gasteiger partial charge in [0.15, 0.2) is 5.52 Å². The van der Waals surface area contributed by atoms with Crippen molar-refractivity contribution in [3.63, 3.8) is 0 Å². The lowest BCUT2D eigenvalue weighted by Gasteiger charge is -2.26. The number of aromatic nitrogens is 5. The zero-order chi connectivity index (χ0) is 17.6. The zero-order valence-electron chi connectivity index (χ0n) is 13.9. The molecule has 0 aliphatic carbocycles. The molecule has 9 heteroatoms. The van der Waals surface area contributed by atoms with E-state index in [2.05, 4.69) is 36.1 Å². The molecule has 1 aliphatic rings. The molecular formula is C16H17BrN6O2. The maximum absolute atomic E-state index is 12.4. The SMILES string of the molecule is Cc1cc(Br)cc(C)c1-n1nc2nc(N3CCOCC3)[nH]c(=O)c2n1. The standard InChI is InChI=1S/C16H17BrN6O2/c1-9-7-11(17)8-10(2)13(9)23-20-12-14(21-23)18-16(19-15(12)24)22-3-5-25-6-4-22/h7-8H,3-6H2,1-2H3,(H,18,19,21,24). The first-order valence-corrected chi connectivity index (χ1v) is 8.79. The fourth-order valence-electron chi connectivity index (χ4n) is 3.05. The van der Waals surface area contributed by atoms with Gasteiger partial charge in [-0.25, -0.2) is 0 Å². The van der Waals surface area contributed by atoms with Crippen molar-refractivity contribution >= 4 is 33.0 Å². The van der Waals surface area contributed by atoms with Gasteiger partial charge in [0.05, 0.1) is 18.9 Å². The highest BCUT2D eigenvalue weighted by molar-refractivity contribution is 9.10. The molecular weight excluding hydrogens is 388 g/mol. The fourth-order valence-corrected chi connectivity index (χ4v) is 3.74. The molecule has 3 heterocycles. The Hall–Kier alpha value is -2.26. The normalized spacial score (nSPS) is 15.1. The largest absolute Gasteiger partial charge is 0.378 e. The van der Waals surface area contributed by atoms with E-state index in [9.17, 15) is 4.79 Å². The van der Waals surface area contributed by atoms with Crippen molar-refractivity contribution in [1.82, 2.24) is 25.0 Å². The smallest absolute Gasteiger partial charge is 0.282 e. The van der Waals surface area contributed by atoms with Gasteiger partial charge in [-0.05, 0) is 37.1 Å². The molecule has 1 saturated heterocycles. The first kappa shape index (κ1) is 16.2. The van der Waals surface area contributed by atoms with Gasteiger partial charge in [0.1, 0.15) is 0 Å². The van der Waals surface area contributed by atoms with E-state index in [4.69, 9.17) is 4.74 Å². The molecule has 0 spiro atoms. The van der Waals surface area contributed by atoms with Crippen molar-refractivity contribution in [3.8, 4) is 5.69 Å². The number of nitrogens with zero attached hydrogens (tertiary/aromatic N) is 5. The van der Waals surface area contributed by atoms with Crippen LogP contribution in [-0.2, 0) is 4.74 Å². The Balaban J connectivity index is 1.83. The summed E-state index contributed by atoms with van der Waals surface area (Å²) in [6.07, 6.45) is 0. The van der Waals surface area contributed by atoms with Gasteiger partial charge in [0.25, 0.3) is 5.56 Å². The van der Waals surface area contributed by atoms with E-state index in [1.54, 1.807) is 0 Å². The van der Waals surface area contributed by atoms with Crippen LogP contribution in [0.15, 0.2) is 21.4 Å². The highest BCUT2D eigenvalue weighted by Crippen LogP contribution is 2.23. The molecule has 2 aromatic heterocycles. The van der Waals surface area contributed by atoms with Crippen LogP contribution in [0.3, 0.4) is 0 Å². The molecule has 3 aromatic rings. The number of aromatic amines is 1. The van der Waals surface area contributed by atoms with E-state index >= 15 is 0 Å². The van der Waals surface area contributed by atoms with Gasteiger partial charge in [0, 0.05) is 17.6 Å². The molecule has 0 amide bonds. The molecule has 8 nitrogen and oxygen atoms in total. The number of ether oxygens (including phenoxy) is 1. The van der Waals surface area contributed by atoms with E-state index in [0.717, 1.165) is 21.3 Å². The number of hydrogen-bond donors (Lipinski definition) is 1. The lowest BCUT2D eigenvalue weighted by molar-refractivity contribution is 0.122. The van der Waals surface area contributed by atoms with E-state index in [-0.39, 0.29) is 11.1 Å². The Labute approximate surface area is 151 Å². The molecule has 0 unspecified atom stereocenters. The van der Waals surface area contributed by atoms with Crippen LogP contribution in [0.25, 0.3) is 16.9 Å². The van der Waals surface area contributed by atoms with Gasteiger partial charge in [-0.1, -0.05) is 15.9 Å².